The highest BCUT2D eigenvalue weighted by molar-refractivity contribution is 5.83. The van der Waals surface area contributed by atoms with E-state index in [1.54, 1.807) is 0 Å². The molecule has 1 fully saturated rings. The summed E-state index contributed by atoms with van der Waals surface area (Å²) in [6, 6.07) is 30.0. The van der Waals surface area contributed by atoms with E-state index in [1.807, 2.05) is 18.2 Å². The number of amides is 1. The zero-order valence-corrected chi connectivity index (χ0v) is 18.6. The number of aryl methyl sites for hydroxylation is 1. The van der Waals surface area contributed by atoms with Crippen molar-refractivity contribution < 1.29 is 4.79 Å². The predicted octanol–water partition coefficient (Wildman–Crippen LogP) is 5.42. The highest BCUT2D eigenvalue weighted by Gasteiger charge is 2.31. The summed E-state index contributed by atoms with van der Waals surface area (Å²) in [5.74, 6) is 0.217. The van der Waals surface area contributed by atoms with Crippen molar-refractivity contribution in [1.29, 1.82) is 0 Å². The first-order chi connectivity index (χ1) is 15.2. The number of carbonyl (C=O) groups is 1. The molecule has 3 aromatic rings. The van der Waals surface area contributed by atoms with Gasteiger partial charge in [0, 0.05) is 26.2 Å². The molecule has 0 aromatic heterocycles. The van der Waals surface area contributed by atoms with Crippen LogP contribution in [0.3, 0.4) is 0 Å². The summed E-state index contributed by atoms with van der Waals surface area (Å²) in [7, 11) is 0. The van der Waals surface area contributed by atoms with Crippen molar-refractivity contribution in [3.05, 3.63) is 107 Å². The molecule has 0 spiro atoms. The number of carbonyl (C=O) groups excluding carboxylic acids is 1. The van der Waals surface area contributed by atoms with Crippen LogP contribution in [0, 0.1) is 6.92 Å². The van der Waals surface area contributed by atoms with Crippen LogP contribution in [0.15, 0.2) is 84.9 Å². The average molecular weight is 413 g/mol. The predicted molar refractivity (Wildman–Crippen MR) is 127 cm³/mol. The van der Waals surface area contributed by atoms with Gasteiger partial charge in [-0.1, -0.05) is 97.4 Å². The van der Waals surface area contributed by atoms with Crippen molar-refractivity contribution in [3.63, 3.8) is 0 Å². The molecule has 1 saturated heterocycles. The molecule has 1 amide bonds. The van der Waals surface area contributed by atoms with Crippen LogP contribution in [0.2, 0.25) is 0 Å². The van der Waals surface area contributed by atoms with E-state index in [4.69, 9.17) is 0 Å². The van der Waals surface area contributed by atoms with E-state index >= 15 is 0 Å². The Morgan fingerprint density at radius 1 is 0.742 bits per heavy atom. The van der Waals surface area contributed by atoms with Crippen molar-refractivity contribution in [3.8, 4) is 0 Å². The van der Waals surface area contributed by atoms with E-state index in [9.17, 15) is 4.79 Å². The van der Waals surface area contributed by atoms with Crippen LogP contribution in [0.25, 0.3) is 0 Å². The van der Waals surface area contributed by atoms with Crippen molar-refractivity contribution in [2.45, 2.75) is 32.2 Å². The summed E-state index contributed by atoms with van der Waals surface area (Å²) in [5.41, 5.74) is 5.02. The molecule has 0 radical (unpaired) electrons. The van der Waals surface area contributed by atoms with Gasteiger partial charge in [-0.3, -0.25) is 9.69 Å². The van der Waals surface area contributed by atoms with E-state index in [0.29, 0.717) is 0 Å². The van der Waals surface area contributed by atoms with Crippen molar-refractivity contribution in [2.24, 2.45) is 0 Å². The lowest BCUT2D eigenvalue weighted by molar-refractivity contribution is -0.134. The fourth-order valence-electron chi connectivity index (χ4n) is 4.66. The summed E-state index contributed by atoms with van der Waals surface area (Å²) in [4.78, 5) is 17.9. The molecule has 4 rings (SSSR count). The van der Waals surface area contributed by atoms with Crippen molar-refractivity contribution in [2.75, 3.05) is 26.2 Å². The fourth-order valence-corrected chi connectivity index (χ4v) is 4.66. The third-order valence-electron chi connectivity index (χ3n) is 6.41. The second kappa shape index (κ2) is 9.93. The minimum absolute atomic E-state index is 0.0465. The Morgan fingerprint density at radius 2 is 1.26 bits per heavy atom. The smallest absolute Gasteiger partial charge is 0.230 e. The van der Waals surface area contributed by atoms with Crippen LogP contribution in [0.4, 0.5) is 0 Å². The second-order valence-corrected chi connectivity index (χ2v) is 8.46. The molecule has 0 N–H and O–H groups in total. The molecular formula is C28H32N2O. The molecule has 1 aliphatic rings. The van der Waals surface area contributed by atoms with Crippen molar-refractivity contribution >= 4 is 5.91 Å². The summed E-state index contributed by atoms with van der Waals surface area (Å²) in [6.45, 7) is 7.54. The lowest BCUT2D eigenvalue weighted by Gasteiger charge is -2.40. The largest absolute Gasteiger partial charge is 0.340 e. The molecule has 1 heterocycles. The summed E-state index contributed by atoms with van der Waals surface area (Å²) < 4.78 is 0. The number of hydrogen-bond donors (Lipinski definition) is 0. The third kappa shape index (κ3) is 4.88. The number of hydrogen-bond acceptors (Lipinski definition) is 2. The minimum Gasteiger partial charge on any atom is -0.340 e. The van der Waals surface area contributed by atoms with Gasteiger partial charge < -0.3 is 4.90 Å². The molecule has 0 unspecified atom stereocenters. The van der Waals surface area contributed by atoms with Crippen LogP contribution in [-0.4, -0.2) is 41.9 Å². The maximum atomic E-state index is 13.3. The zero-order chi connectivity index (χ0) is 21.6. The van der Waals surface area contributed by atoms with Gasteiger partial charge in [0.05, 0.1) is 12.0 Å². The Bertz CT molecular complexity index is 961. The van der Waals surface area contributed by atoms with Gasteiger partial charge in [-0.15, -0.1) is 0 Å². The maximum absolute atomic E-state index is 13.3. The van der Waals surface area contributed by atoms with Gasteiger partial charge in [-0.25, -0.2) is 0 Å². The van der Waals surface area contributed by atoms with Crippen LogP contribution in [-0.2, 0) is 4.79 Å². The van der Waals surface area contributed by atoms with E-state index in [0.717, 1.165) is 38.2 Å². The first kappa shape index (κ1) is 21.3. The lowest BCUT2D eigenvalue weighted by Crippen LogP contribution is -2.51. The summed E-state index contributed by atoms with van der Waals surface area (Å²) in [6.07, 6.45) is 0.832. The summed E-state index contributed by atoms with van der Waals surface area (Å²) >= 11 is 0. The molecule has 0 aliphatic carbocycles. The van der Waals surface area contributed by atoms with Gasteiger partial charge in [0.15, 0.2) is 0 Å². The van der Waals surface area contributed by atoms with Gasteiger partial charge in [0.1, 0.15) is 0 Å². The van der Waals surface area contributed by atoms with Crippen LogP contribution in [0.1, 0.15) is 47.6 Å². The van der Waals surface area contributed by atoms with Crippen LogP contribution in [0.5, 0.6) is 0 Å². The highest BCUT2D eigenvalue weighted by atomic mass is 16.2. The van der Waals surface area contributed by atoms with E-state index < -0.39 is 0 Å². The Morgan fingerprint density at radius 3 is 1.81 bits per heavy atom. The third-order valence-corrected chi connectivity index (χ3v) is 6.41. The molecule has 3 aromatic carbocycles. The topological polar surface area (TPSA) is 23.6 Å². The fraction of sp³-hybridized carbons (Fsp3) is 0.321. The molecule has 2 atom stereocenters. The average Bonchev–Trinajstić information content (AvgIpc) is 2.83. The standard InChI is InChI=1S/C28H32N2O/c1-3-26(23-10-6-4-7-11-23)28(31)30-20-18-29(19-21-30)27(24-12-8-5-9-13-24)25-16-14-22(2)15-17-25/h4-17,26-27H,3,18-21H2,1-2H3/t26-,27+/m1/s1. The molecule has 0 bridgehead atoms. The van der Waals surface area contributed by atoms with Crippen molar-refractivity contribution in [1.82, 2.24) is 9.80 Å². The highest BCUT2D eigenvalue weighted by Crippen LogP contribution is 2.30. The maximum Gasteiger partial charge on any atom is 0.230 e. The van der Waals surface area contributed by atoms with Gasteiger partial charge >= 0.3 is 0 Å². The van der Waals surface area contributed by atoms with Crippen LogP contribution < -0.4 is 0 Å². The Balaban J connectivity index is 1.50. The molecular weight excluding hydrogens is 380 g/mol. The lowest BCUT2D eigenvalue weighted by atomic mass is 9.94. The zero-order valence-electron chi connectivity index (χ0n) is 18.6. The molecule has 3 heteroatoms. The first-order valence-corrected chi connectivity index (χ1v) is 11.4. The van der Waals surface area contributed by atoms with E-state index in [-0.39, 0.29) is 17.9 Å². The van der Waals surface area contributed by atoms with Gasteiger partial charge in [0.2, 0.25) is 5.91 Å². The Kier molecular flexibility index (Phi) is 6.83. The van der Waals surface area contributed by atoms with Gasteiger partial charge in [0.25, 0.3) is 0 Å². The van der Waals surface area contributed by atoms with E-state index in [1.165, 1.54) is 16.7 Å². The number of nitrogens with zero attached hydrogens (tertiary/aromatic N) is 2. The summed E-state index contributed by atoms with van der Waals surface area (Å²) in [5, 5.41) is 0. The first-order valence-electron chi connectivity index (χ1n) is 11.4. The number of rotatable bonds is 6. The van der Waals surface area contributed by atoms with Gasteiger partial charge in [-0.2, -0.15) is 0 Å². The normalized spacial score (nSPS) is 16.6. The van der Waals surface area contributed by atoms with E-state index in [2.05, 4.69) is 90.4 Å². The second-order valence-electron chi connectivity index (χ2n) is 8.46. The number of benzene rings is 3. The Labute approximate surface area is 186 Å². The number of piperazine rings is 1. The molecule has 0 saturated carbocycles. The quantitative estimate of drug-likeness (QED) is 0.539. The van der Waals surface area contributed by atoms with Gasteiger partial charge in [-0.05, 0) is 30.0 Å². The molecule has 160 valence electrons. The molecule has 31 heavy (non-hydrogen) atoms. The SMILES string of the molecule is CC[C@@H](C(=O)N1CCN([C@@H](c2ccccc2)c2ccc(C)cc2)CC1)c1ccccc1. The minimum atomic E-state index is -0.0465. The molecule has 1 aliphatic heterocycles. The molecule has 3 nitrogen and oxygen atoms in total. The van der Waals surface area contributed by atoms with Crippen LogP contribution >= 0.6 is 0 Å². The monoisotopic (exact) mass is 412 g/mol. The Hall–Kier alpha value is -2.91.